The number of carbonyl (C=O) groups is 1. The van der Waals surface area contributed by atoms with Gasteiger partial charge in [-0.15, -0.1) is 0 Å². The monoisotopic (exact) mass is 295 g/mol. The number of alkyl carbamates (subject to hydrolysis) is 1. The number of nitrogens with one attached hydrogen (secondary N) is 2. The van der Waals surface area contributed by atoms with Crippen LogP contribution < -0.4 is 15.4 Å². The Kier molecular flexibility index (Phi) is 6.78. The average Bonchev–Trinajstić information content (AvgIpc) is 2.38. The minimum absolute atomic E-state index is 0.384. The molecule has 0 atom stereocenters. The highest BCUT2D eigenvalue weighted by molar-refractivity contribution is 5.67. The van der Waals surface area contributed by atoms with Crippen LogP contribution in [0, 0.1) is 0 Å². The number of carbonyl (C=O) groups excluding carboxylic acids is 1. The maximum atomic E-state index is 11.4. The van der Waals surface area contributed by atoms with E-state index in [9.17, 15) is 4.79 Å². The minimum Gasteiger partial charge on any atom is -0.478 e. The normalized spacial score (nSPS) is 10.9. The smallest absolute Gasteiger partial charge is 0.407 e. The lowest BCUT2D eigenvalue weighted by Gasteiger charge is -2.19. The second-order valence-electron chi connectivity index (χ2n) is 5.53. The minimum atomic E-state index is -0.462. The van der Waals surface area contributed by atoms with Crippen molar-refractivity contribution in [1.29, 1.82) is 0 Å². The van der Waals surface area contributed by atoms with Gasteiger partial charge in [0.2, 0.25) is 5.88 Å². The van der Waals surface area contributed by atoms with E-state index in [1.807, 2.05) is 39.8 Å². The lowest BCUT2D eigenvalue weighted by atomic mass is 10.2. The summed E-state index contributed by atoms with van der Waals surface area (Å²) in [4.78, 5) is 15.6. The molecule has 1 amide bonds. The molecule has 6 heteroatoms. The Morgan fingerprint density at radius 2 is 2.05 bits per heavy atom. The number of hydrogen-bond acceptors (Lipinski definition) is 5. The molecule has 0 aliphatic heterocycles. The Morgan fingerprint density at radius 1 is 1.29 bits per heavy atom. The molecule has 0 aliphatic carbocycles. The van der Waals surface area contributed by atoms with Gasteiger partial charge in [0.25, 0.3) is 0 Å². The molecule has 0 unspecified atom stereocenters. The molecule has 1 rings (SSSR count). The van der Waals surface area contributed by atoms with Crippen molar-refractivity contribution in [1.82, 2.24) is 10.3 Å². The molecular weight excluding hydrogens is 270 g/mol. The van der Waals surface area contributed by atoms with Gasteiger partial charge in [0, 0.05) is 19.2 Å². The fraction of sp³-hybridized carbons (Fsp3) is 0.600. The molecule has 0 saturated heterocycles. The Morgan fingerprint density at radius 3 is 2.62 bits per heavy atom. The predicted molar refractivity (Wildman–Crippen MR) is 82.7 cm³/mol. The molecular formula is C15H25N3O3. The van der Waals surface area contributed by atoms with Crippen molar-refractivity contribution in [3.63, 3.8) is 0 Å². The van der Waals surface area contributed by atoms with Gasteiger partial charge >= 0.3 is 6.09 Å². The van der Waals surface area contributed by atoms with Crippen molar-refractivity contribution in [2.24, 2.45) is 0 Å². The topological polar surface area (TPSA) is 72.5 Å². The summed E-state index contributed by atoms with van der Waals surface area (Å²) in [6, 6.07) is 3.74. The van der Waals surface area contributed by atoms with E-state index in [1.165, 1.54) is 0 Å². The largest absolute Gasteiger partial charge is 0.478 e. The molecule has 118 valence electrons. The fourth-order valence-electron chi connectivity index (χ4n) is 1.54. The zero-order valence-electron chi connectivity index (χ0n) is 13.2. The SMILES string of the molecule is CCOc1ccc(NCCCNC(=O)OC(C)(C)C)cn1. The molecule has 0 radical (unpaired) electrons. The number of rotatable bonds is 7. The summed E-state index contributed by atoms with van der Waals surface area (Å²) in [7, 11) is 0. The van der Waals surface area contributed by atoms with E-state index in [0.29, 0.717) is 19.0 Å². The Balaban J connectivity index is 2.15. The van der Waals surface area contributed by atoms with E-state index in [-0.39, 0.29) is 6.09 Å². The van der Waals surface area contributed by atoms with Crippen LogP contribution in [0.4, 0.5) is 10.5 Å². The molecule has 2 N–H and O–H groups in total. The van der Waals surface area contributed by atoms with Crippen molar-refractivity contribution in [2.45, 2.75) is 39.7 Å². The van der Waals surface area contributed by atoms with Crippen LogP contribution in [-0.2, 0) is 4.74 Å². The highest BCUT2D eigenvalue weighted by Gasteiger charge is 2.15. The van der Waals surface area contributed by atoms with Gasteiger partial charge in [-0.1, -0.05) is 0 Å². The molecule has 0 spiro atoms. The number of pyridine rings is 1. The molecule has 1 aromatic rings. The molecule has 0 aliphatic rings. The molecule has 0 aromatic carbocycles. The van der Waals surface area contributed by atoms with Crippen LogP contribution in [0.25, 0.3) is 0 Å². The number of anilines is 1. The maximum Gasteiger partial charge on any atom is 0.407 e. The average molecular weight is 295 g/mol. The van der Waals surface area contributed by atoms with Crippen molar-refractivity contribution < 1.29 is 14.3 Å². The summed E-state index contributed by atoms with van der Waals surface area (Å²) >= 11 is 0. The molecule has 0 saturated carbocycles. The number of ether oxygens (including phenoxy) is 2. The third-order valence-electron chi connectivity index (χ3n) is 2.38. The molecule has 0 fully saturated rings. The van der Waals surface area contributed by atoms with Crippen molar-refractivity contribution in [2.75, 3.05) is 25.0 Å². The van der Waals surface area contributed by atoms with Crippen molar-refractivity contribution in [3.05, 3.63) is 18.3 Å². The first-order chi connectivity index (χ1) is 9.90. The van der Waals surface area contributed by atoms with Gasteiger partial charge in [0.1, 0.15) is 5.60 Å². The lowest BCUT2D eigenvalue weighted by Crippen LogP contribution is -2.33. The summed E-state index contributed by atoms with van der Waals surface area (Å²) in [5.74, 6) is 0.620. The van der Waals surface area contributed by atoms with Crippen molar-refractivity contribution >= 4 is 11.8 Å². The quantitative estimate of drug-likeness (QED) is 0.757. The third kappa shape index (κ3) is 8.02. The summed E-state index contributed by atoms with van der Waals surface area (Å²) in [5.41, 5.74) is 0.465. The molecule has 0 bridgehead atoms. The van der Waals surface area contributed by atoms with Gasteiger partial charge in [-0.2, -0.15) is 0 Å². The van der Waals surface area contributed by atoms with E-state index in [0.717, 1.165) is 18.7 Å². The van der Waals surface area contributed by atoms with Crippen LogP contribution >= 0.6 is 0 Å². The molecule has 21 heavy (non-hydrogen) atoms. The maximum absolute atomic E-state index is 11.4. The Hall–Kier alpha value is -1.98. The zero-order chi connectivity index (χ0) is 15.7. The zero-order valence-corrected chi connectivity index (χ0v) is 13.2. The van der Waals surface area contributed by atoms with Gasteiger partial charge < -0.3 is 20.1 Å². The number of nitrogens with zero attached hydrogens (tertiary/aromatic N) is 1. The summed E-state index contributed by atoms with van der Waals surface area (Å²) < 4.78 is 10.4. The van der Waals surface area contributed by atoms with Crippen LogP contribution in [0.1, 0.15) is 34.1 Å². The number of amides is 1. The molecule has 1 heterocycles. The van der Waals surface area contributed by atoms with Crippen LogP contribution in [0.15, 0.2) is 18.3 Å². The lowest BCUT2D eigenvalue weighted by molar-refractivity contribution is 0.0528. The van der Waals surface area contributed by atoms with E-state index in [1.54, 1.807) is 6.20 Å². The van der Waals surface area contributed by atoms with Crippen LogP contribution in [0.2, 0.25) is 0 Å². The summed E-state index contributed by atoms with van der Waals surface area (Å²) in [5, 5.41) is 5.94. The first kappa shape index (κ1) is 17.1. The van der Waals surface area contributed by atoms with Crippen LogP contribution in [0.3, 0.4) is 0 Å². The third-order valence-corrected chi connectivity index (χ3v) is 2.38. The Labute approximate surface area is 126 Å². The van der Waals surface area contributed by atoms with E-state index >= 15 is 0 Å². The standard InChI is InChI=1S/C15H25N3O3/c1-5-20-13-8-7-12(11-18-13)16-9-6-10-17-14(19)21-15(2,3)4/h7-8,11,16H,5-6,9-10H2,1-4H3,(H,17,19). The van der Waals surface area contributed by atoms with Gasteiger partial charge in [-0.3, -0.25) is 0 Å². The number of hydrogen-bond donors (Lipinski definition) is 2. The highest BCUT2D eigenvalue weighted by atomic mass is 16.6. The van der Waals surface area contributed by atoms with Gasteiger partial charge in [0.05, 0.1) is 18.5 Å². The number of aromatic nitrogens is 1. The summed E-state index contributed by atoms with van der Waals surface area (Å²) in [6.45, 7) is 9.35. The molecule has 1 aromatic heterocycles. The highest BCUT2D eigenvalue weighted by Crippen LogP contribution is 2.11. The predicted octanol–water partition coefficient (Wildman–Crippen LogP) is 2.81. The van der Waals surface area contributed by atoms with E-state index in [2.05, 4.69) is 15.6 Å². The van der Waals surface area contributed by atoms with Crippen LogP contribution in [0.5, 0.6) is 5.88 Å². The van der Waals surface area contributed by atoms with Gasteiger partial charge in [-0.25, -0.2) is 9.78 Å². The van der Waals surface area contributed by atoms with E-state index in [4.69, 9.17) is 9.47 Å². The van der Waals surface area contributed by atoms with E-state index < -0.39 is 5.60 Å². The second-order valence-corrected chi connectivity index (χ2v) is 5.53. The van der Waals surface area contributed by atoms with Gasteiger partial charge in [0.15, 0.2) is 0 Å². The van der Waals surface area contributed by atoms with Crippen molar-refractivity contribution in [3.8, 4) is 5.88 Å². The Bertz CT molecular complexity index is 427. The molecule has 6 nitrogen and oxygen atoms in total. The first-order valence-corrected chi connectivity index (χ1v) is 7.20. The van der Waals surface area contributed by atoms with Gasteiger partial charge in [-0.05, 0) is 40.2 Å². The van der Waals surface area contributed by atoms with Crippen LogP contribution in [-0.4, -0.2) is 36.4 Å². The summed E-state index contributed by atoms with van der Waals surface area (Å²) in [6.07, 6.45) is 2.14. The second kappa shape index (κ2) is 8.34. The first-order valence-electron chi connectivity index (χ1n) is 7.20. The fourth-order valence-corrected chi connectivity index (χ4v) is 1.54.